The number of benzene rings is 5. The van der Waals surface area contributed by atoms with Gasteiger partial charge in [0, 0.05) is 0 Å². The minimum Gasteiger partial charge on any atom is -0.504 e. The standard InChI is InChI=1S/C30H22BBrO2/c32-29-27(19-20-28(33)30(29)34)31(25-15-11-23(12-16-25)21-7-3-1-4-8-21)26-17-13-24(14-18-26)22-9-5-2-6-10-22/h1-20,33-34H. The third kappa shape index (κ3) is 4.37. The number of halogens is 1. The Balaban J connectivity index is 1.59. The highest BCUT2D eigenvalue weighted by atomic mass is 79.9. The molecule has 5 rings (SSSR count). The van der Waals surface area contributed by atoms with E-state index in [9.17, 15) is 10.2 Å². The zero-order valence-corrected chi connectivity index (χ0v) is 20.0. The van der Waals surface area contributed by atoms with E-state index < -0.39 is 0 Å². The van der Waals surface area contributed by atoms with Gasteiger partial charge < -0.3 is 10.2 Å². The van der Waals surface area contributed by atoms with Gasteiger partial charge in [0.1, 0.15) is 0 Å². The summed E-state index contributed by atoms with van der Waals surface area (Å²) < 4.78 is 0.497. The largest absolute Gasteiger partial charge is 0.504 e. The fraction of sp³-hybridized carbons (Fsp3) is 0. The average Bonchev–Trinajstić information content (AvgIpc) is 2.90. The predicted octanol–water partition coefficient (Wildman–Crippen LogP) is 5.71. The van der Waals surface area contributed by atoms with Crippen molar-refractivity contribution < 1.29 is 10.2 Å². The van der Waals surface area contributed by atoms with Crippen molar-refractivity contribution in [3.63, 3.8) is 0 Å². The van der Waals surface area contributed by atoms with Gasteiger partial charge in [0.2, 0.25) is 6.71 Å². The molecule has 0 aliphatic carbocycles. The van der Waals surface area contributed by atoms with Gasteiger partial charge in [-0.3, -0.25) is 0 Å². The van der Waals surface area contributed by atoms with Crippen molar-refractivity contribution >= 4 is 39.0 Å². The lowest BCUT2D eigenvalue weighted by molar-refractivity contribution is 0.402. The fourth-order valence-corrected chi connectivity index (χ4v) is 4.91. The first kappa shape index (κ1) is 22.1. The number of hydrogen-bond donors (Lipinski definition) is 2. The molecule has 0 aliphatic rings. The highest BCUT2D eigenvalue weighted by Crippen LogP contribution is 2.31. The van der Waals surface area contributed by atoms with Gasteiger partial charge in [-0.1, -0.05) is 132 Å². The number of aromatic hydroxyl groups is 2. The second kappa shape index (κ2) is 9.62. The highest BCUT2D eigenvalue weighted by molar-refractivity contribution is 9.10. The minimum atomic E-state index is -0.149. The second-order valence-corrected chi connectivity index (χ2v) is 9.04. The number of rotatable bonds is 5. The summed E-state index contributed by atoms with van der Waals surface area (Å²) in [6.07, 6.45) is 0. The zero-order valence-electron chi connectivity index (χ0n) is 18.4. The molecule has 5 aromatic carbocycles. The van der Waals surface area contributed by atoms with Crippen molar-refractivity contribution in [3.8, 4) is 33.8 Å². The third-order valence-corrected chi connectivity index (χ3v) is 6.97. The molecule has 0 fully saturated rings. The van der Waals surface area contributed by atoms with Gasteiger partial charge in [0.15, 0.2) is 11.5 Å². The van der Waals surface area contributed by atoms with Crippen LogP contribution in [0.3, 0.4) is 0 Å². The Morgan fingerprint density at radius 1 is 0.471 bits per heavy atom. The number of phenolic OH excluding ortho intramolecular Hbond substituents is 2. The Morgan fingerprint density at radius 3 is 1.32 bits per heavy atom. The first-order valence-corrected chi connectivity index (χ1v) is 11.9. The lowest BCUT2D eigenvalue weighted by atomic mass is 9.37. The molecular weight excluding hydrogens is 483 g/mol. The smallest absolute Gasteiger partial charge is 0.242 e. The second-order valence-electron chi connectivity index (χ2n) is 8.25. The SMILES string of the molecule is Oc1ccc(B(c2ccc(-c3ccccc3)cc2)c2ccc(-c3ccccc3)cc2)c(Br)c1O. The van der Waals surface area contributed by atoms with E-state index in [4.69, 9.17) is 0 Å². The quantitative estimate of drug-likeness (QED) is 0.238. The Morgan fingerprint density at radius 2 is 0.882 bits per heavy atom. The molecule has 0 radical (unpaired) electrons. The van der Waals surface area contributed by atoms with Crippen LogP contribution in [0.4, 0.5) is 0 Å². The van der Waals surface area contributed by atoms with Gasteiger partial charge in [-0.25, -0.2) is 0 Å². The normalized spacial score (nSPS) is 10.7. The molecule has 0 atom stereocenters. The average molecular weight is 505 g/mol. The molecule has 5 aromatic rings. The van der Waals surface area contributed by atoms with E-state index in [0.29, 0.717) is 4.47 Å². The minimum absolute atomic E-state index is 0.129. The fourth-order valence-electron chi connectivity index (χ4n) is 4.34. The first-order valence-electron chi connectivity index (χ1n) is 11.1. The molecule has 4 heteroatoms. The summed E-state index contributed by atoms with van der Waals surface area (Å²) in [5, 5.41) is 20.4. The number of phenols is 2. The molecule has 34 heavy (non-hydrogen) atoms. The van der Waals surface area contributed by atoms with Crippen LogP contribution in [-0.4, -0.2) is 16.9 Å². The van der Waals surface area contributed by atoms with Crippen LogP contribution < -0.4 is 16.4 Å². The predicted molar refractivity (Wildman–Crippen MR) is 146 cm³/mol. The molecule has 2 N–H and O–H groups in total. The van der Waals surface area contributed by atoms with Crippen LogP contribution in [-0.2, 0) is 0 Å². The molecule has 0 spiro atoms. The number of hydrogen-bond acceptors (Lipinski definition) is 2. The Hall–Kier alpha value is -3.76. The van der Waals surface area contributed by atoms with Crippen molar-refractivity contribution in [2.45, 2.75) is 0 Å². The van der Waals surface area contributed by atoms with E-state index in [1.54, 1.807) is 6.07 Å². The van der Waals surface area contributed by atoms with Crippen molar-refractivity contribution in [2.24, 2.45) is 0 Å². The van der Waals surface area contributed by atoms with E-state index in [0.717, 1.165) is 27.5 Å². The Bertz CT molecular complexity index is 1320. The van der Waals surface area contributed by atoms with Gasteiger partial charge in [0.05, 0.1) is 4.47 Å². The van der Waals surface area contributed by atoms with Crippen LogP contribution in [0.25, 0.3) is 22.3 Å². The summed E-state index contributed by atoms with van der Waals surface area (Å²) in [5.41, 5.74) is 7.71. The molecule has 2 nitrogen and oxygen atoms in total. The first-order chi connectivity index (χ1) is 16.6. The van der Waals surface area contributed by atoms with E-state index in [1.807, 2.05) is 42.5 Å². The Labute approximate surface area is 208 Å². The van der Waals surface area contributed by atoms with Crippen molar-refractivity contribution in [1.82, 2.24) is 0 Å². The third-order valence-electron chi connectivity index (χ3n) is 6.14. The van der Waals surface area contributed by atoms with E-state index in [1.165, 1.54) is 11.1 Å². The summed E-state index contributed by atoms with van der Waals surface area (Å²) in [6, 6.07) is 41.0. The van der Waals surface area contributed by atoms with Crippen LogP contribution in [0, 0.1) is 0 Å². The van der Waals surface area contributed by atoms with Crippen LogP contribution in [0.2, 0.25) is 0 Å². The molecular formula is C30H22BBrO2. The summed E-state index contributed by atoms with van der Waals surface area (Å²) >= 11 is 3.52. The molecule has 0 saturated carbocycles. The lowest BCUT2D eigenvalue weighted by Gasteiger charge is -2.19. The summed E-state index contributed by atoms with van der Waals surface area (Å²) in [5.74, 6) is -0.294. The highest BCUT2D eigenvalue weighted by Gasteiger charge is 2.26. The van der Waals surface area contributed by atoms with Crippen molar-refractivity contribution in [3.05, 3.63) is 126 Å². The van der Waals surface area contributed by atoms with Crippen LogP contribution in [0.5, 0.6) is 11.5 Å². The van der Waals surface area contributed by atoms with Gasteiger partial charge in [-0.15, -0.1) is 0 Å². The summed E-state index contributed by atoms with van der Waals surface area (Å²) in [7, 11) is 0. The zero-order chi connectivity index (χ0) is 23.5. The van der Waals surface area contributed by atoms with Gasteiger partial charge in [-0.05, 0) is 44.3 Å². The van der Waals surface area contributed by atoms with Crippen LogP contribution in [0.1, 0.15) is 0 Å². The van der Waals surface area contributed by atoms with Gasteiger partial charge in [-0.2, -0.15) is 0 Å². The topological polar surface area (TPSA) is 40.5 Å². The lowest BCUT2D eigenvalue weighted by Crippen LogP contribution is -2.52. The van der Waals surface area contributed by atoms with Crippen LogP contribution in [0.15, 0.2) is 126 Å². The molecule has 0 heterocycles. The van der Waals surface area contributed by atoms with Gasteiger partial charge >= 0.3 is 0 Å². The molecule has 0 bridgehead atoms. The van der Waals surface area contributed by atoms with E-state index in [-0.39, 0.29) is 18.2 Å². The van der Waals surface area contributed by atoms with Gasteiger partial charge in [0.25, 0.3) is 0 Å². The van der Waals surface area contributed by atoms with E-state index >= 15 is 0 Å². The maximum Gasteiger partial charge on any atom is 0.242 e. The molecule has 0 aromatic heterocycles. The molecule has 0 amide bonds. The summed E-state index contributed by atoms with van der Waals surface area (Å²) in [4.78, 5) is 0. The van der Waals surface area contributed by atoms with Crippen molar-refractivity contribution in [1.29, 1.82) is 0 Å². The maximum absolute atomic E-state index is 10.4. The van der Waals surface area contributed by atoms with Crippen LogP contribution >= 0.6 is 15.9 Å². The molecule has 164 valence electrons. The van der Waals surface area contributed by atoms with Crippen molar-refractivity contribution in [2.75, 3.05) is 0 Å². The van der Waals surface area contributed by atoms with E-state index in [2.05, 4.69) is 88.7 Å². The monoisotopic (exact) mass is 504 g/mol. The molecule has 0 unspecified atom stereocenters. The summed E-state index contributed by atoms with van der Waals surface area (Å²) in [6.45, 7) is -0.129. The maximum atomic E-state index is 10.4. The Kier molecular flexibility index (Phi) is 6.24. The molecule has 0 saturated heterocycles. The molecule has 0 aliphatic heterocycles.